The molecule has 0 bridgehead atoms. The van der Waals surface area contributed by atoms with Crippen LogP contribution in [0.3, 0.4) is 0 Å². The lowest BCUT2D eigenvalue weighted by molar-refractivity contribution is -0.0820. The first-order valence-corrected chi connectivity index (χ1v) is 7.52. The van der Waals surface area contributed by atoms with Crippen molar-refractivity contribution >= 4 is 6.09 Å². The number of rotatable bonds is 1. The molecule has 3 aliphatic rings. The van der Waals surface area contributed by atoms with E-state index in [2.05, 4.69) is 5.32 Å². The van der Waals surface area contributed by atoms with Crippen LogP contribution in [0.5, 0.6) is 0 Å². The van der Waals surface area contributed by atoms with E-state index in [4.69, 9.17) is 4.74 Å². The lowest BCUT2D eigenvalue weighted by Gasteiger charge is -2.55. The minimum absolute atomic E-state index is 0.168. The normalized spacial score (nSPS) is 26.9. The number of alkyl halides is 2. The van der Waals surface area contributed by atoms with Crippen molar-refractivity contribution in [3.8, 4) is 0 Å². The molecule has 0 unspecified atom stereocenters. The Hall–Kier alpha value is -0.910. The van der Waals surface area contributed by atoms with Crippen molar-refractivity contribution in [1.82, 2.24) is 10.2 Å². The molecule has 20 heavy (non-hydrogen) atoms. The second-order valence-electron chi connectivity index (χ2n) is 5.90. The van der Waals surface area contributed by atoms with Gasteiger partial charge in [0.1, 0.15) is 6.10 Å². The summed E-state index contributed by atoms with van der Waals surface area (Å²) < 4.78 is 31.2. The van der Waals surface area contributed by atoms with Crippen LogP contribution in [0, 0.1) is 5.41 Å². The summed E-state index contributed by atoms with van der Waals surface area (Å²) in [5.74, 6) is -2.57. The maximum Gasteiger partial charge on any atom is 0.410 e. The molecule has 1 spiro atoms. The van der Waals surface area contributed by atoms with Gasteiger partial charge in [0, 0.05) is 44.4 Å². The van der Waals surface area contributed by atoms with Crippen molar-refractivity contribution in [3.05, 3.63) is 0 Å². The van der Waals surface area contributed by atoms with Gasteiger partial charge in [0.15, 0.2) is 0 Å². The SMILES string of the molecule is CC.O=C(OC1CCC(F)(F)CC1)N1CC2(CNC2)C1. The molecule has 1 amide bonds. The van der Waals surface area contributed by atoms with Gasteiger partial charge in [-0.3, -0.25) is 0 Å². The number of carbonyl (C=O) groups is 1. The van der Waals surface area contributed by atoms with Crippen LogP contribution in [0.1, 0.15) is 39.5 Å². The standard InChI is InChI=1S/C12H18F2N2O2.C2H6/c13-12(14)3-1-9(2-4-12)18-10(17)16-7-11(8-16)5-15-6-11;1-2/h9,15H,1-8H2;1-2H3. The molecule has 2 saturated heterocycles. The zero-order valence-corrected chi connectivity index (χ0v) is 12.3. The summed E-state index contributed by atoms with van der Waals surface area (Å²) in [5, 5.41) is 3.19. The van der Waals surface area contributed by atoms with Gasteiger partial charge in [0.2, 0.25) is 5.92 Å². The second kappa shape index (κ2) is 5.84. The van der Waals surface area contributed by atoms with Gasteiger partial charge in [-0.15, -0.1) is 0 Å². The molecule has 0 atom stereocenters. The summed E-state index contributed by atoms with van der Waals surface area (Å²) in [4.78, 5) is 13.5. The van der Waals surface area contributed by atoms with Crippen LogP contribution in [0.2, 0.25) is 0 Å². The van der Waals surface area contributed by atoms with Crippen LogP contribution in [-0.4, -0.2) is 49.2 Å². The predicted octanol–water partition coefficient (Wildman–Crippen LogP) is 2.63. The molecule has 1 N–H and O–H groups in total. The average Bonchev–Trinajstić information content (AvgIpc) is 2.31. The summed E-state index contributed by atoms with van der Waals surface area (Å²) in [5.41, 5.74) is 0.276. The maximum absolute atomic E-state index is 12.9. The molecule has 0 aromatic rings. The summed E-state index contributed by atoms with van der Waals surface area (Å²) in [6.07, 6.45) is -0.438. The zero-order chi connectivity index (χ0) is 14.8. The molecule has 0 aromatic heterocycles. The summed E-state index contributed by atoms with van der Waals surface area (Å²) in [7, 11) is 0. The first-order chi connectivity index (χ1) is 9.48. The zero-order valence-electron chi connectivity index (χ0n) is 12.3. The van der Waals surface area contributed by atoms with Gasteiger partial charge in [-0.2, -0.15) is 0 Å². The molecule has 116 valence electrons. The molecule has 0 aromatic carbocycles. The van der Waals surface area contributed by atoms with Crippen LogP contribution >= 0.6 is 0 Å². The third-order valence-electron chi connectivity index (χ3n) is 4.24. The fourth-order valence-electron chi connectivity index (χ4n) is 2.94. The number of halogens is 2. The van der Waals surface area contributed by atoms with Gasteiger partial charge in [0.05, 0.1) is 0 Å². The van der Waals surface area contributed by atoms with Gasteiger partial charge in [0.25, 0.3) is 0 Å². The highest BCUT2D eigenvalue weighted by molar-refractivity contribution is 5.69. The summed E-state index contributed by atoms with van der Waals surface area (Å²) in [6, 6.07) is 0. The van der Waals surface area contributed by atoms with Crippen molar-refractivity contribution in [2.45, 2.75) is 51.6 Å². The van der Waals surface area contributed by atoms with E-state index in [1.807, 2.05) is 13.8 Å². The fourth-order valence-corrected chi connectivity index (χ4v) is 2.94. The Morgan fingerprint density at radius 1 is 1.20 bits per heavy atom. The predicted molar refractivity (Wildman–Crippen MR) is 71.9 cm³/mol. The topological polar surface area (TPSA) is 41.6 Å². The molecule has 2 aliphatic heterocycles. The second-order valence-corrected chi connectivity index (χ2v) is 5.90. The first-order valence-electron chi connectivity index (χ1n) is 7.52. The highest BCUT2D eigenvalue weighted by Crippen LogP contribution is 2.37. The maximum atomic E-state index is 12.9. The van der Waals surface area contributed by atoms with Crippen LogP contribution in [0.4, 0.5) is 13.6 Å². The molecule has 6 heteroatoms. The Balaban J connectivity index is 0.000000704. The Kier molecular flexibility index (Phi) is 4.52. The van der Waals surface area contributed by atoms with E-state index in [0.717, 1.165) is 26.2 Å². The highest BCUT2D eigenvalue weighted by Gasteiger charge is 2.50. The Labute approximate surface area is 118 Å². The molecule has 2 heterocycles. The Bertz CT molecular complexity index is 341. The molecule has 0 radical (unpaired) electrons. The number of hydrogen-bond donors (Lipinski definition) is 1. The van der Waals surface area contributed by atoms with Crippen LogP contribution < -0.4 is 5.32 Å². The number of likely N-dealkylation sites (tertiary alicyclic amines) is 1. The van der Waals surface area contributed by atoms with Crippen LogP contribution in [0.15, 0.2) is 0 Å². The first kappa shape index (κ1) is 15.5. The quantitative estimate of drug-likeness (QED) is 0.807. The largest absolute Gasteiger partial charge is 0.446 e. The lowest BCUT2D eigenvalue weighted by Crippen LogP contribution is -2.72. The van der Waals surface area contributed by atoms with Gasteiger partial charge >= 0.3 is 6.09 Å². The number of carbonyl (C=O) groups excluding carboxylic acids is 1. The molecule has 4 nitrogen and oxygen atoms in total. The van der Waals surface area contributed by atoms with E-state index >= 15 is 0 Å². The number of nitrogens with zero attached hydrogens (tertiary/aromatic N) is 1. The number of nitrogens with one attached hydrogen (secondary N) is 1. The van der Waals surface area contributed by atoms with E-state index in [1.165, 1.54) is 0 Å². The Morgan fingerprint density at radius 2 is 1.75 bits per heavy atom. The van der Waals surface area contributed by atoms with Crippen LogP contribution in [-0.2, 0) is 4.74 Å². The highest BCUT2D eigenvalue weighted by atomic mass is 19.3. The molecule has 3 rings (SSSR count). The number of hydrogen-bond acceptors (Lipinski definition) is 3. The van der Waals surface area contributed by atoms with E-state index < -0.39 is 5.92 Å². The molecule has 1 saturated carbocycles. The minimum atomic E-state index is -2.57. The minimum Gasteiger partial charge on any atom is -0.446 e. The van der Waals surface area contributed by atoms with Gasteiger partial charge in [-0.1, -0.05) is 13.8 Å². The molecule has 3 fully saturated rings. The van der Waals surface area contributed by atoms with Gasteiger partial charge in [-0.25, -0.2) is 13.6 Å². The lowest BCUT2D eigenvalue weighted by atomic mass is 9.75. The third kappa shape index (κ3) is 3.22. The molecular formula is C14H24F2N2O2. The molecular weight excluding hydrogens is 266 g/mol. The van der Waals surface area contributed by atoms with Crippen molar-refractivity contribution in [3.63, 3.8) is 0 Å². The summed E-state index contributed by atoms with van der Waals surface area (Å²) in [6.45, 7) is 7.41. The number of ether oxygens (including phenoxy) is 1. The van der Waals surface area contributed by atoms with Crippen molar-refractivity contribution in [2.75, 3.05) is 26.2 Å². The van der Waals surface area contributed by atoms with E-state index in [0.29, 0.717) is 0 Å². The van der Waals surface area contributed by atoms with Gasteiger partial charge < -0.3 is 15.0 Å². The number of amides is 1. The van der Waals surface area contributed by atoms with Crippen molar-refractivity contribution < 1.29 is 18.3 Å². The molecule has 1 aliphatic carbocycles. The summed E-state index contributed by atoms with van der Waals surface area (Å²) >= 11 is 0. The van der Waals surface area contributed by atoms with Crippen LogP contribution in [0.25, 0.3) is 0 Å². The van der Waals surface area contributed by atoms with E-state index in [1.54, 1.807) is 4.90 Å². The average molecular weight is 290 g/mol. The van der Waals surface area contributed by atoms with E-state index in [9.17, 15) is 13.6 Å². The smallest absolute Gasteiger partial charge is 0.410 e. The third-order valence-corrected chi connectivity index (χ3v) is 4.24. The van der Waals surface area contributed by atoms with Crippen molar-refractivity contribution in [1.29, 1.82) is 0 Å². The Morgan fingerprint density at radius 3 is 2.20 bits per heavy atom. The fraction of sp³-hybridized carbons (Fsp3) is 0.929. The van der Waals surface area contributed by atoms with Gasteiger partial charge in [-0.05, 0) is 12.8 Å². The van der Waals surface area contributed by atoms with E-state index in [-0.39, 0.29) is 43.3 Å². The van der Waals surface area contributed by atoms with Crippen molar-refractivity contribution in [2.24, 2.45) is 5.41 Å². The monoisotopic (exact) mass is 290 g/mol.